The van der Waals surface area contributed by atoms with E-state index in [0.717, 1.165) is 5.56 Å². The molecular weight excluding hydrogens is 512 g/mol. The first-order valence-electron chi connectivity index (χ1n) is 12.7. The van der Waals surface area contributed by atoms with Crippen LogP contribution in [0.15, 0.2) is 72.8 Å². The van der Waals surface area contributed by atoms with Crippen molar-refractivity contribution in [1.29, 1.82) is 0 Å². The van der Waals surface area contributed by atoms with Gasteiger partial charge in [-0.2, -0.15) is 0 Å². The van der Waals surface area contributed by atoms with Crippen molar-refractivity contribution in [1.82, 2.24) is 0 Å². The number of anilines is 1. The van der Waals surface area contributed by atoms with Crippen molar-refractivity contribution in [3.63, 3.8) is 0 Å². The van der Waals surface area contributed by atoms with E-state index in [1.54, 1.807) is 17.0 Å². The van der Waals surface area contributed by atoms with Crippen LogP contribution in [0.25, 0.3) is 0 Å². The zero-order chi connectivity index (χ0) is 27.7. The van der Waals surface area contributed by atoms with Gasteiger partial charge in [0, 0.05) is 5.69 Å². The SMILES string of the molecule is O=C1C(CCC(OC2OCC(O)C(O)C2O)c2ccc(F)cc2)C(c2ccc(O)cc2)N1c1ccc(F)cc1. The molecule has 4 N–H and O–H groups in total. The van der Waals surface area contributed by atoms with E-state index in [-0.39, 0.29) is 24.7 Å². The third-order valence-corrected chi connectivity index (χ3v) is 7.29. The number of ether oxygens (including phenoxy) is 2. The number of phenolic OH excluding ortho intramolecular Hbond substituents is 1. The van der Waals surface area contributed by atoms with E-state index in [9.17, 15) is 34.0 Å². The summed E-state index contributed by atoms with van der Waals surface area (Å²) < 4.78 is 38.6. The van der Waals surface area contributed by atoms with Crippen molar-refractivity contribution in [2.24, 2.45) is 5.92 Å². The van der Waals surface area contributed by atoms with Crippen LogP contribution in [0.4, 0.5) is 14.5 Å². The van der Waals surface area contributed by atoms with Crippen molar-refractivity contribution in [3.8, 4) is 5.75 Å². The Balaban J connectivity index is 1.38. The lowest BCUT2D eigenvalue weighted by Crippen LogP contribution is -2.55. The lowest BCUT2D eigenvalue weighted by molar-refractivity contribution is -0.284. The molecule has 2 aliphatic rings. The summed E-state index contributed by atoms with van der Waals surface area (Å²) in [5.74, 6) is -1.45. The molecule has 39 heavy (non-hydrogen) atoms. The molecule has 0 saturated carbocycles. The number of carbonyl (C=O) groups is 1. The van der Waals surface area contributed by atoms with Crippen molar-refractivity contribution < 1.29 is 43.5 Å². The highest BCUT2D eigenvalue weighted by atomic mass is 19.1. The van der Waals surface area contributed by atoms with Gasteiger partial charge in [-0.05, 0) is 72.5 Å². The summed E-state index contributed by atoms with van der Waals surface area (Å²) in [6, 6.07) is 17.3. The zero-order valence-corrected chi connectivity index (χ0v) is 20.8. The Morgan fingerprint density at radius 1 is 0.897 bits per heavy atom. The number of β-lactam (4-membered cyclic amide) rings is 1. The van der Waals surface area contributed by atoms with Gasteiger partial charge in [-0.3, -0.25) is 4.79 Å². The number of nitrogens with zero attached hydrogens (tertiary/aromatic N) is 1. The summed E-state index contributed by atoms with van der Waals surface area (Å²) in [4.78, 5) is 15.0. The number of aliphatic hydroxyl groups is 3. The quantitative estimate of drug-likeness (QED) is 0.323. The van der Waals surface area contributed by atoms with Crippen molar-refractivity contribution in [2.45, 2.75) is 49.6 Å². The molecule has 7 atom stereocenters. The van der Waals surface area contributed by atoms with Gasteiger partial charge in [-0.1, -0.05) is 24.3 Å². The minimum atomic E-state index is -1.51. The summed E-state index contributed by atoms with van der Waals surface area (Å²) in [6.07, 6.45) is -5.62. The van der Waals surface area contributed by atoms with E-state index in [4.69, 9.17) is 9.47 Å². The predicted molar refractivity (Wildman–Crippen MR) is 135 cm³/mol. The Labute approximate surface area is 223 Å². The number of rotatable bonds is 8. The normalized spacial score (nSPS) is 27.7. The predicted octanol–water partition coefficient (Wildman–Crippen LogP) is 3.35. The van der Waals surface area contributed by atoms with Crippen LogP contribution in [0.3, 0.4) is 0 Å². The van der Waals surface area contributed by atoms with E-state index in [1.807, 2.05) is 0 Å². The van der Waals surface area contributed by atoms with Gasteiger partial charge < -0.3 is 34.8 Å². The fourth-order valence-electron chi connectivity index (χ4n) is 5.15. The summed E-state index contributed by atoms with van der Waals surface area (Å²) >= 11 is 0. The van der Waals surface area contributed by atoms with Gasteiger partial charge in [-0.25, -0.2) is 8.78 Å². The van der Waals surface area contributed by atoms with Crippen LogP contribution in [0.5, 0.6) is 5.75 Å². The van der Waals surface area contributed by atoms with Crippen LogP contribution in [0.1, 0.15) is 36.1 Å². The molecule has 2 aliphatic heterocycles. The number of benzene rings is 3. The van der Waals surface area contributed by atoms with Gasteiger partial charge in [0.25, 0.3) is 0 Å². The highest BCUT2D eigenvalue weighted by Crippen LogP contribution is 2.47. The highest BCUT2D eigenvalue weighted by Gasteiger charge is 2.49. The first-order valence-corrected chi connectivity index (χ1v) is 12.7. The standard InChI is InChI=1S/C29H29F2NO7/c30-18-5-1-16(2-6-18)24(39-29-27(36)26(35)23(34)15-38-29)14-13-22-25(17-3-11-21(33)12-4-17)32(28(22)37)20-9-7-19(31)8-10-20/h1-12,22-27,29,33-36H,13-15H2. The number of carbonyl (C=O) groups excluding carboxylic acids is 1. The van der Waals surface area contributed by atoms with Crippen molar-refractivity contribution in [3.05, 3.63) is 95.6 Å². The van der Waals surface area contributed by atoms with E-state index < -0.39 is 54.3 Å². The van der Waals surface area contributed by atoms with Gasteiger partial charge >= 0.3 is 0 Å². The number of hydrogen-bond acceptors (Lipinski definition) is 7. The van der Waals surface area contributed by atoms with E-state index in [1.165, 1.54) is 60.7 Å². The molecular formula is C29H29F2NO7. The molecule has 7 unspecified atom stereocenters. The monoisotopic (exact) mass is 541 g/mol. The first kappa shape index (κ1) is 27.2. The van der Waals surface area contributed by atoms with Gasteiger partial charge in [0.2, 0.25) is 5.91 Å². The molecule has 5 rings (SSSR count). The second-order valence-electron chi connectivity index (χ2n) is 9.83. The van der Waals surface area contributed by atoms with Crippen LogP contribution in [0.2, 0.25) is 0 Å². The average Bonchev–Trinajstić information content (AvgIpc) is 2.93. The van der Waals surface area contributed by atoms with Crippen LogP contribution in [-0.2, 0) is 14.3 Å². The molecule has 2 fully saturated rings. The summed E-state index contributed by atoms with van der Waals surface area (Å²) in [5, 5.41) is 40.0. The minimum Gasteiger partial charge on any atom is -0.508 e. The molecule has 206 valence electrons. The average molecular weight is 542 g/mol. The smallest absolute Gasteiger partial charge is 0.233 e. The molecule has 0 radical (unpaired) electrons. The second kappa shape index (κ2) is 11.4. The lowest BCUT2D eigenvalue weighted by atomic mass is 9.78. The number of aliphatic hydroxyl groups excluding tert-OH is 3. The minimum absolute atomic E-state index is 0.0809. The maximum atomic E-state index is 13.6. The Kier molecular flexibility index (Phi) is 7.92. The number of hydrogen-bond donors (Lipinski definition) is 4. The summed E-state index contributed by atoms with van der Waals surface area (Å²) in [6.45, 7) is -0.240. The molecule has 2 saturated heterocycles. The number of aromatic hydroxyl groups is 1. The second-order valence-corrected chi connectivity index (χ2v) is 9.83. The van der Waals surface area contributed by atoms with Crippen molar-refractivity contribution in [2.75, 3.05) is 11.5 Å². The first-order chi connectivity index (χ1) is 18.7. The van der Waals surface area contributed by atoms with Crippen LogP contribution >= 0.6 is 0 Å². The van der Waals surface area contributed by atoms with Gasteiger partial charge in [0.05, 0.1) is 24.7 Å². The van der Waals surface area contributed by atoms with E-state index in [2.05, 4.69) is 0 Å². The molecule has 3 aromatic rings. The van der Waals surface area contributed by atoms with Gasteiger partial charge in [0.1, 0.15) is 35.7 Å². The van der Waals surface area contributed by atoms with E-state index >= 15 is 0 Å². The van der Waals surface area contributed by atoms with Gasteiger partial charge in [0.15, 0.2) is 6.29 Å². The Hall–Kier alpha value is -3.41. The fourth-order valence-corrected chi connectivity index (χ4v) is 5.15. The largest absolute Gasteiger partial charge is 0.508 e. The lowest BCUT2D eigenvalue weighted by Gasteiger charge is -2.48. The number of amides is 1. The Bertz CT molecular complexity index is 1270. The van der Waals surface area contributed by atoms with Crippen molar-refractivity contribution >= 4 is 11.6 Å². The topological polar surface area (TPSA) is 120 Å². The number of halogens is 2. The molecule has 0 bridgehead atoms. The van der Waals surface area contributed by atoms with Crippen LogP contribution in [-0.4, -0.2) is 57.5 Å². The molecule has 8 nitrogen and oxygen atoms in total. The van der Waals surface area contributed by atoms with E-state index in [0.29, 0.717) is 17.7 Å². The Morgan fingerprint density at radius 2 is 1.51 bits per heavy atom. The van der Waals surface area contributed by atoms with Crippen LogP contribution in [0, 0.1) is 17.6 Å². The van der Waals surface area contributed by atoms with Gasteiger partial charge in [-0.15, -0.1) is 0 Å². The third kappa shape index (κ3) is 5.66. The summed E-state index contributed by atoms with van der Waals surface area (Å²) in [7, 11) is 0. The highest BCUT2D eigenvalue weighted by molar-refractivity contribution is 6.03. The molecule has 0 spiro atoms. The zero-order valence-electron chi connectivity index (χ0n) is 20.8. The number of phenols is 1. The molecule has 2 heterocycles. The molecule has 1 amide bonds. The molecule has 3 aromatic carbocycles. The van der Waals surface area contributed by atoms with Crippen LogP contribution < -0.4 is 4.90 Å². The maximum Gasteiger partial charge on any atom is 0.233 e. The summed E-state index contributed by atoms with van der Waals surface area (Å²) in [5.41, 5.74) is 1.90. The molecule has 10 heteroatoms. The maximum absolute atomic E-state index is 13.6. The fraction of sp³-hybridized carbons (Fsp3) is 0.345. The molecule has 0 aromatic heterocycles. The molecule has 0 aliphatic carbocycles. The third-order valence-electron chi connectivity index (χ3n) is 7.29. The Morgan fingerprint density at radius 3 is 2.15 bits per heavy atom.